The molecule has 6 heteroatoms. The lowest BCUT2D eigenvalue weighted by molar-refractivity contribution is 0.909. The number of aromatic nitrogens is 2. The van der Waals surface area contributed by atoms with E-state index in [0.717, 1.165) is 31.5 Å². The number of imidazole rings is 1. The van der Waals surface area contributed by atoms with Crippen LogP contribution in [-0.4, -0.2) is 15.4 Å². The number of nitrogens with zero attached hydrogens (tertiary/aromatic N) is 2. The van der Waals surface area contributed by atoms with E-state index in [1.165, 1.54) is 0 Å². The quantitative estimate of drug-likeness (QED) is 0.450. The molecule has 0 atom stereocenters. The van der Waals surface area contributed by atoms with E-state index in [9.17, 15) is 0 Å². The Hall–Kier alpha value is -0.550. The number of halogens is 4. The highest BCUT2D eigenvalue weighted by atomic mass is 79.9. The second-order valence-electron chi connectivity index (χ2n) is 4.53. The summed E-state index contributed by atoms with van der Waals surface area (Å²) in [6.45, 7) is 0. The van der Waals surface area contributed by atoms with Gasteiger partial charge in [-0.2, -0.15) is 0 Å². The molecule has 0 unspecified atom stereocenters. The Morgan fingerprint density at radius 3 is 2.67 bits per heavy atom. The van der Waals surface area contributed by atoms with Crippen LogP contribution in [0.4, 0.5) is 0 Å². The summed E-state index contributed by atoms with van der Waals surface area (Å²) in [5.41, 5.74) is 2.89. The highest BCUT2D eigenvalue weighted by molar-refractivity contribution is 9.11. The fourth-order valence-electron chi connectivity index (χ4n) is 2.28. The molecule has 1 aromatic heterocycles. The van der Waals surface area contributed by atoms with Gasteiger partial charge in [0, 0.05) is 26.3 Å². The summed E-state index contributed by atoms with van der Waals surface area (Å²) in [5.74, 6) is 1.43. The van der Waals surface area contributed by atoms with Crippen molar-refractivity contribution in [2.24, 2.45) is 0 Å². The third-order valence-corrected chi connectivity index (χ3v) is 4.74. The SMILES string of the molecule is ClCCc1nc2ccc(Cl)cc2n1-c1cc(Br)ccc1Br. The Kier molecular flexibility index (Phi) is 4.60. The smallest absolute Gasteiger partial charge is 0.115 e. The molecule has 0 saturated heterocycles. The minimum Gasteiger partial charge on any atom is -0.295 e. The van der Waals surface area contributed by atoms with Crippen molar-refractivity contribution in [3.63, 3.8) is 0 Å². The van der Waals surface area contributed by atoms with E-state index in [2.05, 4.69) is 41.4 Å². The largest absolute Gasteiger partial charge is 0.295 e. The summed E-state index contributed by atoms with van der Waals surface area (Å²) in [5, 5.41) is 0.687. The molecule has 0 aliphatic carbocycles. The van der Waals surface area contributed by atoms with Crippen molar-refractivity contribution in [2.75, 3.05) is 5.88 Å². The molecule has 21 heavy (non-hydrogen) atoms. The van der Waals surface area contributed by atoms with Crippen LogP contribution in [0.25, 0.3) is 16.7 Å². The van der Waals surface area contributed by atoms with E-state index in [4.69, 9.17) is 23.2 Å². The number of benzene rings is 2. The molecule has 0 spiro atoms. The van der Waals surface area contributed by atoms with Crippen LogP contribution in [0.15, 0.2) is 45.3 Å². The first-order valence-corrected chi connectivity index (χ1v) is 8.78. The second kappa shape index (κ2) is 6.29. The predicted molar refractivity (Wildman–Crippen MR) is 95.9 cm³/mol. The lowest BCUT2D eigenvalue weighted by Gasteiger charge is -2.11. The van der Waals surface area contributed by atoms with Gasteiger partial charge in [-0.05, 0) is 52.3 Å². The minimum absolute atomic E-state index is 0.517. The summed E-state index contributed by atoms with van der Waals surface area (Å²) < 4.78 is 4.08. The van der Waals surface area contributed by atoms with Gasteiger partial charge in [0.1, 0.15) is 5.82 Å². The Balaban J connectivity index is 2.35. The Morgan fingerprint density at radius 1 is 1.10 bits per heavy atom. The molecule has 0 radical (unpaired) electrons. The van der Waals surface area contributed by atoms with Crippen LogP contribution in [0.3, 0.4) is 0 Å². The number of fused-ring (bicyclic) bond motifs is 1. The van der Waals surface area contributed by atoms with Gasteiger partial charge in [-0.25, -0.2) is 4.98 Å². The number of alkyl halides is 1. The molecule has 0 aliphatic heterocycles. The van der Waals surface area contributed by atoms with Crippen molar-refractivity contribution in [3.8, 4) is 5.69 Å². The molecule has 1 heterocycles. The van der Waals surface area contributed by atoms with E-state index in [1.54, 1.807) is 0 Å². The molecular weight excluding hydrogens is 439 g/mol. The average molecular weight is 449 g/mol. The number of hydrogen-bond acceptors (Lipinski definition) is 1. The van der Waals surface area contributed by atoms with E-state index >= 15 is 0 Å². The second-order valence-corrected chi connectivity index (χ2v) is 7.12. The minimum atomic E-state index is 0.517. The average Bonchev–Trinajstić information content (AvgIpc) is 2.79. The number of rotatable bonds is 3. The van der Waals surface area contributed by atoms with Crippen LogP contribution in [-0.2, 0) is 6.42 Å². The zero-order chi connectivity index (χ0) is 15.0. The third-order valence-electron chi connectivity index (χ3n) is 3.15. The standard InChI is InChI=1S/C15H10Br2Cl2N2/c16-9-1-3-11(17)13(7-9)21-14-8-10(19)2-4-12(14)20-15(21)5-6-18/h1-4,7-8H,5-6H2. The highest BCUT2D eigenvalue weighted by Crippen LogP contribution is 2.31. The van der Waals surface area contributed by atoms with Gasteiger partial charge in [-0.15, -0.1) is 11.6 Å². The lowest BCUT2D eigenvalue weighted by Crippen LogP contribution is -2.03. The van der Waals surface area contributed by atoms with Gasteiger partial charge in [0.25, 0.3) is 0 Å². The van der Waals surface area contributed by atoms with Crippen molar-refractivity contribution in [2.45, 2.75) is 6.42 Å². The first-order chi connectivity index (χ1) is 10.1. The normalized spacial score (nSPS) is 11.2. The van der Waals surface area contributed by atoms with Crippen LogP contribution in [0, 0.1) is 0 Å². The van der Waals surface area contributed by atoms with Crippen LogP contribution in [0.5, 0.6) is 0 Å². The fraction of sp³-hybridized carbons (Fsp3) is 0.133. The summed E-state index contributed by atoms with van der Waals surface area (Å²) in [6.07, 6.45) is 0.687. The number of aryl methyl sites for hydroxylation is 1. The molecule has 0 aliphatic rings. The third kappa shape index (κ3) is 3.00. The molecule has 108 valence electrons. The molecule has 0 N–H and O–H groups in total. The van der Waals surface area contributed by atoms with Crippen LogP contribution >= 0.6 is 55.1 Å². The molecule has 3 aromatic rings. The Labute approximate surface area is 149 Å². The zero-order valence-corrected chi connectivity index (χ0v) is 15.5. The van der Waals surface area contributed by atoms with Crippen molar-refractivity contribution >= 4 is 66.1 Å². The van der Waals surface area contributed by atoms with E-state index in [0.29, 0.717) is 17.3 Å². The monoisotopic (exact) mass is 446 g/mol. The van der Waals surface area contributed by atoms with Crippen molar-refractivity contribution < 1.29 is 0 Å². The van der Waals surface area contributed by atoms with Gasteiger partial charge in [0.15, 0.2) is 0 Å². The van der Waals surface area contributed by atoms with Crippen molar-refractivity contribution in [3.05, 3.63) is 56.2 Å². The fourth-order valence-corrected chi connectivity index (χ4v) is 3.38. The topological polar surface area (TPSA) is 17.8 Å². The van der Waals surface area contributed by atoms with Crippen molar-refractivity contribution in [1.82, 2.24) is 9.55 Å². The van der Waals surface area contributed by atoms with Crippen LogP contribution in [0.2, 0.25) is 5.02 Å². The lowest BCUT2D eigenvalue weighted by atomic mass is 10.2. The van der Waals surface area contributed by atoms with Gasteiger partial charge in [0.2, 0.25) is 0 Å². The maximum atomic E-state index is 6.15. The molecule has 0 saturated carbocycles. The van der Waals surface area contributed by atoms with Crippen LogP contribution < -0.4 is 0 Å². The summed E-state index contributed by atoms with van der Waals surface area (Å²) >= 11 is 19.2. The highest BCUT2D eigenvalue weighted by Gasteiger charge is 2.15. The van der Waals surface area contributed by atoms with Gasteiger partial charge in [-0.1, -0.05) is 27.5 Å². The Morgan fingerprint density at radius 2 is 1.90 bits per heavy atom. The Bertz CT molecular complexity index is 815. The van der Waals surface area contributed by atoms with E-state index in [-0.39, 0.29) is 0 Å². The maximum Gasteiger partial charge on any atom is 0.115 e. The molecule has 0 fully saturated rings. The summed E-state index contributed by atoms with van der Waals surface area (Å²) in [6, 6.07) is 11.7. The number of hydrogen-bond donors (Lipinski definition) is 0. The molecule has 0 bridgehead atoms. The van der Waals surface area contributed by atoms with Gasteiger partial charge in [0.05, 0.1) is 16.7 Å². The molecule has 3 rings (SSSR count). The first-order valence-electron chi connectivity index (χ1n) is 6.28. The van der Waals surface area contributed by atoms with E-state index < -0.39 is 0 Å². The maximum absolute atomic E-state index is 6.15. The first kappa shape index (κ1) is 15.3. The predicted octanol–water partition coefficient (Wildman–Crippen LogP) is 5.99. The molecular formula is C15H10Br2Cl2N2. The summed E-state index contributed by atoms with van der Waals surface area (Å²) in [7, 11) is 0. The zero-order valence-electron chi connectivity index (χ0n) is 10.8. The van der Waals surface area contributed by atoms with Crippen LogP contribution in [0.1, 0.15) is 5.82 Å². The molecule has 2 nitrogen and oxygen atoms in total. The van der Waals surface area contributed by atoms with Gasteiger partial charge in [-0.3, -0.25) is 4.57 Å². The van der Waals surface area contributed by atoms with Gasteiger partial charge >= 0.3 is 0 Å². The van der Waals surface area contributed by atoms with Crippen molar-refractivity contribution in [1.29, 1.82) is 0 Å². The molecule has 2 aromatic carbocycles. The summed E-state index contributed by atoms with van der Waals surface area (Å²) in [4.78, 5) is 4.67. The van der Waals surface area contributed by atoms with Gasteiger partial charge < -0.3 is 0 Å². The van der Waals surface area contributed by atoms with E-state index in [1.807, 2.05) is 36.4 Å². The molecule has 0 amide bonds.